The molecule has 0 aromatic carbocycles. The Labute approximate surface area is 115 Å². The molecule has 0 aliphatic carbocycles. The predicted octanol–water partition coefficient (Wildman–Crippen LogP) is 1.96. The van der Waals surface area contributed by atoms with E-state index in [1.54, 1.807) is 4.90 Å². The van der Waals surface area contributed by atoms with Crippen molar-refractivity contribution in [3.05, 3.63) is 10.0 Å². The molecule has 1 aromatic rings. The van der Waals surface area contributed by atoms with Gasteiger partial charge in [-0.2, -0.15) is 0 Å². The number of nitrogens with zero attached hydrogens (tertiary/aromatic N) is 2. The molecule has 0 bridgehead atoms. The molecule has 7 heteroatoms. The van der Waals surface area contributed by atoms with Gasteiger partial charge < -0.3 is 10.2 Å². The number of halogens is 1. The van der Waals surface area contributed by atoms with Crippen molar-refractivity contribution in [3.63, 3.8) is 0 Å². The van der Waals surface area contributed by atoms with E-state index >= 15 is 0 Å². The smallest absolute Gasteiger partial charge is 0.239 e. The second-order valence-electron chi connectivity index (χ2n) is 4.01. The molecule has 1 aromatic heterocycles. The van der Waals surface area contributed by atoms with Crippen LogP contribution in [0.3, 0.4) is 0 Å². The maximum absolute atomic E-state index is 11.7. The summed E-state index contributed by atoms with van der Waals surface area (Å²) in [5.74, 6) is -0.0779. The molecule has 0 aliphatic rings. The molecule has 1 amide bonds. The van der Waals surface area contributed by atoms with Gasteiger partial charge in [-0.05, 0) is 20.8 Å². The van der Waals surface area contributed by atoms with Crippen molar-refractivity contribution in [3.8, 4) is 0 Å². The first kappa shape index (κ1) is 14.9. The number of rotatable bonds is 6. The monoisotopic (exact) mass is 289 g/mol. The molecule has 0 saturated carbocycles. The molecule has 0 atom stereocenters. The van der Waals surface area contributed by atoms with Gasteiger partial charge in [0.1, 0.15) is 4.88 Å². The molecule has 0 unspecified atom stereocenters. The van der Waals surface area contributed by atoms with Crippen molar-refractivity contribution in [1.29, 1.82) is 0 Å². The highest BCUT2D eigenvalue weighted by molar-refractivity contribution is 7.17. The Bertz CT molecular complexity index is 434. The fourth-order valence-electron chi connectivity index (χ4n) is 1.37. The van der Waals surface area contributed by atoms with Gasteiger partial charge in [0.2, 0.25) is 5.91 Å². The zero-order chi connectivity index (χ0) is 13.7. The van der Waals surface area contributed by atoms with E-state index in [2.05, 4.69) is 10.3 Å². The van der Waals surface area contributed by atoms with Crippen molar-refractivity contribution >= 4 is 40.3 Å². The van der Waals surface area contributed by atoms with E-state index in [1.807, 2.05) is 20.8 Å². The summed E-state index contributed by atoms with van der Waals surface area (Å²) in [6.07, 6.45) is 0.672. The van der Waals surface area contributed by atoms with Gasteiger partial charge in [-0.3, -0.25) is 9.59 Å². The number of carbonyl (C=O) groups excluding carboxylic acids is 2. The van der Waals surface area contributed by atoms with Gasteiger partial charge in [0.15, 0.2) is 16.6 Å². The minimum Gasteiger partial charge on any atom is -0.352 e. The number of amides is 1. The Kier molecular flexibility index (Phi) is 5.55. The summed E-state index contributed by atoms with van der Waals surface area (Å²) in [7, 11) is 0. The number of carbonyl (C=O) groups is 2. The molecule has 1 N–H and O–H groups in total. The van der Waals surface area contributed by atoms with Gasteiger partial charge in [0.25, 0.3) is 0 Å². The summed E-state index contributed by atoms with van der Waals surface area (Å²) in [5.41, 5.74) is 0. The van der Waals surface area contributed by atoms with Gasteiger partial charge in [-0.25, -0.2) is 4.98 Å². The lowest BCUT2D eigenvalue weighted by atomic mass is 10.4. The van der Waals surface area contributed by atoms with Gasteiger partial charge >= 0.3 is 0 Å². The third-order valence-electron chi connectivity index (χ3n) is 2.14. The van der Waals surface area contributed by atoms with E-state index in [0.29, 0.717) is 22.8 Å². The molecular weight excluding hydrogens is 274 g/mol. The molecule has 0 fully saturated rings. The van der Waals surface area contributed by atoms with E-state index in [9.17, 15) is 9.59 Å². The van der Waals surface area contributed by atoms with Crippen molar-refractivity contribution < 1.29 is 9.59 Å². The topological polar surface area (TPSA) is 62.3 Å². The van der Waals surface area contributed by atoms with Crippen LogP contribution in [0.4, 0.5) is 5.13 Å². The van der Waals surface area contributed by atoms with Crippen molar-refractivity contribution in [2.45, 2.75) is 26.8 Å². The summed E-state index contributed by atoms with van der Waals surface area (Å²) in [5, 5.41) is 3.58. The first-order valence-electron chi connectivity index (χ1n) is 5.63. The Morgan fingerprint density at radius 2 is 2.28 bits per heavy atom. The predicted molar refractivity (Wildman–Crippen MR) is 73.7 cm³/mol. The highest BCUT2D eigenvalue weighted by Gasteiger charge is 2.16. The van der Waals surface area contributed by atoms with E-state index in [4.69, 9.17) is 11.6 Å². The number of hydrogen-bond acceptors (Lipinski definition) is 5. The van der Waals surface area contributed by atoms with Crippen LogP contribution in [-0.2, 0) is 4.79 Å². The molecule has 5 nitrogen and oxygen atoms in total. The van der Waals surface area contributed by atoms with Crippen LogP contribution in [0.5, 0.6) is 0 Å². The van der Waals surface area contributed by atoms with Crippen LogP contribution in [0, 0.1) is 0 Å². The number of aldehydes is 1. The summed E-state index contributed by atoms with van der Waals surface area (Å²) in [6, 6.07) is 0.0987. The molecule has 0 spiro atoms. The van der Waals surface area contributed by atoms with Crippen LogP contribution in [0.25, 0.3) is 0 Å². The molecule has 0 aliphatic heterocycles. The SMILES string of the molecule is CCN(CC(=O)NC(C)C)c1nc(Cl)c(C=O)s1. The Morgan fingerprint density at radius 1 is 1.61 bits per heavy atom. The van der Waals surface area contributed by atoms with Crippen LogP contribution >= 0.6 is 22.9 Å². The van der Waals surface area contributed by atoms with E-state index in [1.165, 1.54) is 11.3 Å². The first-order valence-corrected chi connectivity index (χ1v) is 6.83. The van der Waals surface area contributed by atoms with E-state index < -0.39 is 0 Å². The lowest BCUT2D eigenvalue weighted by Gasteiger charge is -2.19. The highest BCUT2D eigenvalue weighted by Crippen LogP contribution is 2.27. The molecule has 18 heavy (non-hydrogen) atoms. The van der Waals surface area contributed by atoms with Gasteiger partial charge in [0, 0.05) is 12.6 Å². The van der Waals surface area contributed by atoms with Crippen molar-refractivity contribution in [2.75, 3.05) is 18.0 Å². The Morgan fingerprint density at radius 3 is 2.72 bits per heavy atom. The molecule has 1 heterocycles. The normalized spacial score (nSPS) is 10.5. The summed E-state index contributed by atoms with van der Waals surface area (Å²) in [4.78, 5) is 28.6. The second-order valence-corrected chi connectivity index (χ2v) is 5.37. The van der Waals surface area contributed by atoms with Gasteiger partial charge in [-0.15, -0.1) is 0 Å². The minimum absolute atomic E-state index is 0.0779. The number of hydrogen-bond donors (Lipinski definition) is 1. The third kappa shape index (κ3) is 3.96. The van der Waals surface area contributed by atoms with Crippen molar-refractivity contribution in [2.24, 2.45) is 0 Å². The van der Waals surface area contributed by atoms with Crippen LogP contribution in [0.2, 0.25) is 5.15 Å². The fourth-order valence-corrected chi connectivity index (χ4v) is 2.49. The summed E-state index contributed by atoms with van der Waals surface area (Å²) >= 11 is 7.00. The van der Waals surface area contributed by atoms with Crippen LogP contribution in [0.1, 0.15) is 30.4 Å². The third-order valence-corrected chi connectivity index (χ3v) is 3.58. The average molecular weight is 290 g/mol. The van der Waals surface area contributed by atoms with Gasteiger partial charge in [0.05, 0.1) is 6.54 Å². The highest BCUT2D eigenvalue weighted by atomic mass is 35.5. The summed E-state index contributed by atoms with van der Waals surface area (Å²) < 4.78 is 0. The number of anilines is 1. The maximum Gasteiger partial charge on any atom is 0.239 e. The number of aromatic nitrogens is 1. The fraction of sp³-hybridized carbons (Fsp3) is 0.545. The first-order chi connectivity index (χ1) is 8.47. The minimum atomic E-state index is -0.0779. The van der Waals surface area contributed by atoms with Gasteiger partial charge in [-0.1, -0.05) is 22.9 Å². The zero-order valence-electron chi connectivity index (χ0n) is 10.6. The van der Waals surface area contributed by atoms with Crippen molar-refractivity contribution in [1.82, 2.24) is 10.3 Å². The molecular formula is C11H16ClN3O2S. The Hall–Kier alpha value is -1.14. The van der Waals surface area contributed by atoms with Crippen LogP contribution in [0.15, 0.2) is 0 Å². The zero-order valence-corrected chi connectivity index (χ0v) is 12.1. The molecule has 0 saturated heterocycles. The molecule has 1 rings (SSSR count). The quantitative estimate of drug-likeness (QED) is 0.813. The number of likely N-dealkylation sites (N-methyl/N-ethyl adjacent to an activating group) is 1. The molecule has 100 valence electrons. The Balaban J connectivity index is 2.76. The lowest BCUT2D eigenvalue weighted by Crippen LogP contribution is -2.40. The maximum atomic E-state index is 11.7. The lowest BCUT2D eigenvalue weighted by molar-refractivity contribution is -0.120. The summed E-state index contributed by atoms with van der Waals surface area (Å²) in [6.45, 7) is 6.54. The average Bonchev–Trinajstić information content (AvgIpc) is 2.66. The number of thiazole rings is 1. The number of nitrogens with one attached hydrogen (secondary N) is 1. The van der Waals surface area contributed by atoms with E-state index in [-0.39, 0.29) is 23.6 Å². The second kappa shape index (κ2) is 6.70. The standard InChI is InChI=1S/C11H16ClN3O2S/c1-4-15(5-9(17)13-7(2)3)11-14-10(12)8(6-16)18-11/h6-7H,4-5H2,1-3H3,(H,13,17). The van der Waals surface area contributed by atoms with Crippen LogP contribution < -0.4 is 10.2 Å². The van der Waals surface area contributed by atoms with E-state index in [0.717, 1.165) is 0 Å². The van der Waals surface area contributed by atoms with Crippen LogP contribution in [-0.4, -0.2) is 36.3 Å². The largest absolute Gasteiger partial charge is 0.352 e. The molecule has 0 radical (unpaired) electrons.